The molecule has 3 unspecified atom stereocenters. The predicted octanol–water partition coefficient (Wildman–Crippen LogP) is 2.42. The molecule has 0 saturated heterocycles. The smallest absolute Gasteiger partial charge is 0.246 e. The summed E-state index contributed by atoms with van der Waals surface area (Å²) in [7, 11) is 0. The van der Waals surface area contributed by atoms with Crippen LogP contribution in [0.15, 0.2) is 29.4 Å². The summed E-state index contributed by atoms with van der Waals surface area (Å²) in [6.45, 7) is 6.25. The van der Waals surface area contributed by atoms with E-state index in [2.05, 4.69) is 31.3 Å². The number of hydrogen-bond donors (Lipinski definition) is 3. The lowest BCUT2D eigenvalue weighted by atomic mass is 9.64. The Bertz CT molecular complexity index is 653. The summed E-state index contributed by atoms with van der Waals surface area (Å²) in [5.41, 5.74) is 2.40. The molecule has 0 aromatic heterocycles. The van der Waals surface area contributed by atoms with Gasteiger partial charge in [-0.2, -0.15) is 5.10 Å². The van der Waals surface area contributed by atoms with Crippen molar-refractivity contribution in [2.24, 2.45) is 21.3 Å². The fourth-order valence-corrected chi connectivity index (χ4v) is 4.46. The van der Waals surface area contributed by atoms with Crippen molar-refractivity contribution in [3.05, 3.63) is 29.8 Å². The van der Waals surface area contributed by atoms with Gasteiger partial charge >= 0.3 is 0 Å². The number of nitrogens with one attached hydrogen (secondary N) is 1. The molecular weight excluding hydrogens is 292 g/mol. The van der Waals surface area contributed by atoms with Crippen LogP contribution in [0.3, 0.4) is 0 Å². The van der Waals surface area contributed by atoms with E-state index in [0.29, 0.717) is 6.42 Å². The second-order valence-corrected chi connectivity index (χ2v) is 7.64. The molecule has 5 heteroatoms. The Labute approximate surface area is 136 Å². The standard InChI is InChI=1S/C18H24N2O3/c1-16(2)17(3)8-9-18(16,10-14(17)22)15(23)20-19-11-12-4-6-13(21)7-5-12/h4-7,11,14,21-22H,8-10H2,1-3H3,(H,20,23). The number of hydrogen-bond acceptors (Lipinski definition) is 4. The fourth-order valence-electron chi connectivity index (χ4n) is 4.46. The van der Waals surface area contributed by atoms with E-state index in [4.69, 9.17) is 0 Å². The molecular formula is C18H24N2O3. The van der Waals surface area contributed by atoms with Crippen molar-refractivity contribution in [2.75, 3.05) is 0 Å². The molecule has 2 aliphatic rings. The summed E-state index contributed by atoms with van der Waals surface area (Å²) < 4.78 is 0. The van der Waals surface area contributed by atoms with Gasteiger partial charge in [0.05, 0.1) is 17.7 Å². The first-order valence-electron chi connectivity index (χ1n) is 8.04. The van der Waals surface area contributed by atoms with Gasteiger partial charge in [0, 0.05) is 0 Å². The molecule has 3 N–H and O–H groups in total. The molecule has 0 radical (unpaired) electrons. The first-order chi connectivity index (χ1) is 10.7. The Morgan fingerprint density at radius 1 is 1.26 bits per heavy atom. The molecule has 124 valence electrons. The van der Waals surface area contributed by atoms with Gasteiger partial charge in [0.15, 0.2) is 0 Å². The summed E-state index contributed by atoms with van der Waals surface area (Å²) in [4.78, 5) is 12.8. The van der Waals surface area contributed by atoms with Crippen LogP contribution in [-0.4, -0.2) is 28.4 Å². The molecule has 23 heavy (non-hydrogen) atoms. The summed E-state index contributed by atoms with van der Waals surface area (Å²) >= 11 is 0. The number of rotatable bonds is 3. The van der Waals surface area contributed by atoms with Crippen molar-refractivity contribution in [1.29, 1.82) is 0 Å². The Hall–Kier alpha value is -1.88. The van der Waals surface area contributed by atoms with Gasteiger partial charge in [-0.1, -0.05) is 20.8 Å². The van der Waals surface area contributed by atoms with E-state index < -0.39 is 11.5 Å². The molecule has 2 aliphatic carbocycles. The highest BCUT2D eigenvalue weighted by Crippen LogP contribution is 2.72. The molecule has 0 heterocycles. The van der Waals surface area contributed by atoms with Gasteiger partial charge in [-0.3, -0.25) is 4.79 Å². The van der Waals surface area contributed by atoms with Gasteiger partial charge in [0.2, 0.25) is 5.91 Å². The SMILES string of the molecule is CC12CCC(C(=O)NN=Cc3ccc(O)cc3)(CC1O)C2(C)C. The third-order valence-electron chi connectivity index (χ3n) is 6.68. The molecule has 0 aliphatic heterocycles. The molecule has 3 rings (SSSR count). The second-order valence-electron chi connectivity index (χ2n) is 7.64. The molecule has 1 aromatic carbocycles. The van der Waals surface area contributed by atoms with Gasteiger partial charge in [-0.25, -0.2) is 5.43 Å². The zero-order chi connectivity index (χ0) is 16.9. The van der Waals surface area contributed by atoms with Crippen molar-refractivity contribution in [3.8, 4) is 5.75 Å². The van der Waals surface area contributed by atoms with Gasteiger partial charge in [-0.15, -0.1) is 0 Å². The Balaban J connectivity index is 1.75. The van der Waals surface area contributed by atoms with E-state index >= 15 is 0 Å². The first-order valence-corrected chi connectivity index (χ1v) is 8.04. The Kier molecular flexibility index (Phi) is 3.52. The lowest BCUT2D eigenvalue weighted by Gasteiger charge is -2.39. The monoisotopic (exact) mass is 316 g/mol. The number of phenols is 1. The van der Waals surface area contributed by atoms with Crippen LogP contribution in [-0.2, 0) is 4.79 Å². The first kappa shape index (κ1) is 16.0. The van der Waals surface area contributed by atoms with Gasteiger partial charge in [0.25, 0.3) is 0 Å². The zero-order valence-electron chi connectivity index (χ0n) is 13.8. The topological polar surface area (TPSA) is 81.9 Å². The molecule has 1 aromatic rings. The number of fused-ring (bicyclic) bond motifs is 2. The zero-order valence-corrected chi connectivity index (χ0v) is 13.8. The van der Waals surface area contributed by atoms with Gasteiger partial charge in [-0.05, 0) is 59.9 Å². The molecule has 3 atom stereocenters. The largest absolute Gasteiger partial charge is 0.508 e. The number of phenolic OH excluding ortho intramolecular Hbond substituents is 1. The van der Waals surface area contributed by atoms with Crippen LogP contribution in [0.4, 0.5) is 0 Å². The number of aliphatic hydroxyl groups excluding tert-OH is 1. The normalized spacial score (nSPS) is 34.9. The minimum atomic E-state index is -0.562. The Morgan fingerprint density at radius 2 is 1.91 bits per heavy atom. The maximum Gasteiger partial charge on any atom is 0.246 e. The minimum Gasteiger partial charge on any atom is -0.508 e. The number of benzene rings is 1. The van der Waals surface area contributed by atoms with Crippen molar-refractivity contribution in [2.45, 2.75) is 46.1 Å². The summed E-state index contributed by atoms with van der Waals surface area (Å²) in [5.74, 6) is 0.0785. The fraction of sp³-hybridized carbons (Fsp3) is 0.556. The number of carbonyl (C=O) groups excluding carboxylic acids is 1. The lowest BCUT2D eigenvalue weighted by Crippen LogP contribution is -2.45. The van der Waals surface area contributed by atoms with Crippen molar-refractivity contribution in [3.63, 3.8) is 0 Å². The van der Waals surface area contributed by atoms with E-state index in [9.17, 15) is 15.0 Å². The number of aliphatic hydroxyl groups is 1. The third-order valence-corrected chi connectivity index (χ3v) is 6.68. The molecule has 0 spiro atoms. The number of amides is 1. The molecule has 2 saturated carbocycles. The van der Waals surface area contributed by atoms with Crippen LogP contribution >= 0.6 is 0 Å². The average molecular weight is 316 g/mol. The predicted molar refractivity (Wildman–Crippen MR) is 88.0 cm³/mol. The van der Waals surface area contributed by atoms with Crippen molar-refractivity contribution in [1.82, 2.24) is 5.43 Å². The van der Waals surface area contributed by atoms with E-state index in [1.54, 1.807) is 30.5 Å². The van der Waals surface area contributed by atoms with Crippen molar-refractivity contribution >= 4 is 12.1 Å². The highest BCUT2D eigenvalue weighted by atomic mass is 16.3. The van der Waals surface area contributed by atoms with Crippen molar-refractivity contribution < 1.29 is 15.0 Å². The van der Waals surface area contributed by atoms with Crippen LogP contribution in [0.25, 0.3) is 0 Å². The number of hydrazone groups is 1. The summed E-state index contributed by atoms with van der Waals surface area (Å²) in [5, 5.41) is 23.7. The highest BCUT2D eigenvalue weighted by molar-refractivity contribution is 5.87. The minimum absolute atomic E-state index is 0.113. The summed E-state index contributed by atoms with van der Waals surface area (Å²) in [6, 6.07) is 6.58. The van der Waals surface area contributed by atoms with E-state index in [0.717, 1.165) is 18.4 Å². The van der Waals surface area contributed by atoms with Crippen LogP contribution < -0.4 is 5.43 Å². The van der Waals surface area contributed by atoms with Crippen LogP contribution in [0.2, 0.25) is 0 Å². The third kappa shape index (κ3) is 2.10. The summed E-state index contributed by atoms with van der Waals surface area (Å²) in [6.07, 6.45) is 3.25. The quantitative estimate of drug-likeness (QED) is 0.591. The molecule has 1 amide bonds. The van der Waals surface area contributed by atoms with Gasteiger partial charge < -0.3 is 10.2 Å². The average Bonchev–Trinajstić information content (AvgIpc) is 2.79. The number of nitrogens with zero attached hydrogens (tertiary/aromatic N) is 1. The maximum absolute atomic E-state index is 12.8. The van der Waals surface area contributed by atoms with Gasteiger partial charge in [0.1, 0.15) is 5.75 Å². The van der Waals surface area contributed by atoms with Crippen LogP contribution in [0.1, 0.15) is 45.6 Å². The van der Waals surface area contributed by atoms with E-state index in [-0.39, 0.29) is 22.5 Å². The molecule has 2 bridgehead atoms. The number of carbonyl (C=O) groups is 1. The Morgan fingerprint density at radius 3 is 2.43 bits per heavy atom. The van der Waals surface area contributed by atoms with E-state index in [1.807, 2.05) is 0 Å². The highest BCUT2D eigenvalue weighted by Gasteiger charge is 2.72. The lowest BCUT2D eigenvalue weighted by molar-refractivity contribution is -0.136. The second kappa shape index (κ2) is 5.06. The van der Waals surface area contributed by atoms with Crippen LogP contribution in [0.5, 0.6) is 5.75 Å². The molecule has 2 fully saturated rings. The van der Waals surface area contributed by atoms with E-state index in [1.165, 1.54) is 0 Å². The number of aromatic hydroxyl groups is 1. The van der Waals surface area contributed by atoms with Crippen LogP contribution in [0, 0.1) is 16.2 Å². The molecule has 5 nitrogen and oxygen atoms in total. The maximum atomic E-state index is 12.8.